The van der Waals surface area contributed by atoms with E-state index in [4.69, 9.17) is 0 Å². The molecule has 5 nitrogen and oxygen atoms in total. The summed E-state index contributed by atoms with van der Waals surface area (Å²) in [6.07, 6.45) is 3.25. The summed E-state index contributed by atoms with van der Waals surface area (Å²) in [6.45, 7) is 0.878. The van der Waals surface area contributed by atoms with Crippen LogP contribution in [-0.4, -0.2) is 37.1 Å². The molecule has 2 fully saturated rings. The largest absolute Gasteiger partial charge is 0.467 e. The summed E-state index contributed by atoms with van der Waals surface area (Å²) >= 11 is 0. The van der Waals surface area contributed by atoms with Gasteiger partial charge in [-0.3, -0.25) is 4.79 Å². The number of methoxy groups -OCH3 is 1. The Bertz CT molecular complexity index is 280. The number of rotatable bonds is 3. The fourth-order valence-corrected chi connectivity index (χ4v) is 1.93. The summed E-state index contributed by atoms with van der Waals surface area (Å²) in [5.41, 5.74) is -0.712. The highest BCUT2D eigenvalue weighted by atomic mass is 16.5. The third-order valence-corrected chi connectivity index (χ3v) is 3.07. The Morgan fingerprint density at radius 3 is 2.67 bits per heavy atom. The summed E-state index contributed by atoms with van der Waals surface area (Å²) in [5.74, 6) is -0.399. The van der Waals surface area contributed by atoms with Gasteiger partial charge in [0.1, 0.15) is 5.54 Å². The molecule has 84 valence electrons. The molecule has 1 aliphatic heterocycles. The van der Waals surface area contributed by atoms with Crippen LogP contribution in [0, 0.1) is 0 Å². The van der Waals surface area contributed by atoms with Crippen molar-refractivity contribution in [2.75, 3.05) is 13.7 Å². The lowest BCUT2D eigenvalue weighted by molar-refractivity contribution is -0.146. The van der Waals surface area contributed by atoms with Crippen molar-refractivity contribution in [2.24, 2.45) is 0 Å². The maximum Gasteiger partial charge on any atom is 0.331 e. The molecule has 0 bridgehead atoms. The first-order valence-corrected chi connectivity index (χ1v) is 5.32. The molecule has 0 radical (unpaired) electrons. The van der Waals surface area contributed by atoms with E-state index in [0.717, 1.165) is 19.4 Å². The van der Waals surface area contributed by atoms with Crippen LogP contribution in [0.15, 0.2) is 0 Å². The van der Waals surface area contributed by atoms with Crippen LogP contribution in [0.1, 0.15) is 25.7 Å². The molecule has 2 N–H and O–H groups in total. The van der Waals surface area contributed by atoms with Gasteiger partial charge in [0.15, 0.2) is 0 Å². The van der Waals surface area contributed by atoms with Gasteiger partial charge in [0.05, 0.1) is 13.2 Å². The smallest absolute Gasteiger partial charge is 0.331 e. The van der Waals surface area contributed by atoms with Crippen molar-refractivity contribution >= 4 is 11.9 Å². The predicted octanol–water partition coefficient (Wildman–Crippen LogP) is -0.440. The maximum absolute atomic E-state index is 11.7. The molecule has 2 rings (SSSR count). The van der Waals surface area contributed by atoms with Gasteiger partial charge >= 0.3 is 5.97 Å². The van der Waals surface area contributed by atoms with Crippen molar-refractivity contribution < 1.29 is 14.3 Å². The molecule has 5 heteroatoms. The molecular weight excluding hydrogens is 196 g/mol. The van der Waals surface area contributed by atoms with Gasteiger partial charge in [-0.05, 0) is 32.2 Å². The third-order valence-electron chi connectivity index (χ3n) is 3.07. The van der Waals surface area contributed by atoms with Gasteiger partial charge in [-0.1, -0.05) is 0 Å². The van der Waals surface area contributed by atoms with Crippen molar-refractivity contribution in [3.05, 3.63) is 0 Å². The van der Waals surface area contributed by atoms with E-state index in [1.54, 1.807) is 0 Å². The summed E-state index contributed by atoms with van der Waals surface area (Å²) in [4.78, 5) is 23.1. The number of hydrogen-bond donors (Lipinski definition) is 2. The van der Waals surface area contributed by atoms with Crippen molar-refractivity contribution in [3.8, 4) is 0 Å². The molecule has 0 aromatic rings. The summed E-state index contributed by atoms with van der Waals surface area (Å²) in [6, 6.07) is -0.132. The van der Waals surface area contributed by atoms with Gasteiger partial charge in [0.2, 0.25) is 5.91 Å². The van der Waals surface area contributed by atoms with Crippen LogP contribution in [0.25, 0.3) is 0 Å². The summed E-state index contributed by atoms with van der Waals surface area (Å²) in [5, 5.41) is 5.88. The van der Waals surface area contributed by atoms with Crippen LogP contribution in [0.5, 0.6) is 0 Å². The number of carbonyl (C=O) groups excluding carboxylic acids is 2. The van der Waals surface area contributed by atoms with Crippen LogP contribution >= 0.6 is 0 Å². The number of hydrogen-bond acceptors (Lipinski definition) is 4. The zero-order chi connectivity index (χ0) is 10.9. The van der Waals surface area contributed by atoms with Crippen LogP contribution in [0.2, 0.25) is 0 Å². The number of nitrogens with one attached hydrogen (secondary N) is 2. The van der Waals surface area contributed by atoms with Crippen molar-refractivity contribution in [1.29, 1.82) is 0 Å². The Morgan fingerprint density at radius 1 is 1.47 bits per heavy atom. The Kier molecular flexibility index (Phi) is 2.65. The quantitative estimate of drug-likeness (QED) is 0.622. The lowest BCUT2D eigenvalue weighted by Gasteiger charge is -2.17. The lowest BCUT2D eigenvalue weighted by atomic mass is 10.2. The van der Waals surface area contributed by atoms with Crippen LogP contribution in [0.3, 0.4) is 0 Å². The molecule has 15 heavy (non-hydrogen) atoms. The van der Waals surface area contributed by atoms with Crippen LogP contribution in [0.4, 0.5) is 0 Å². The fraction of sp³-hybridized carbons (Fsp3) is 0.800. The SMILES string of the molecule is COC(=O)C1(NC(=O)C2CCCN2)CC1. The first-order chi connectivity index (χ1) is 7.18. The topological polar surface area (TPSA) is 67.4 Å². The van der Waals surface area contributed by atoms with Gasteiger partial charge in [-0.25, -0.2) is 4.79 Å². The van der Waals surface area contributed by atoms with Crippen LogP contribution in [-0.2, 0) is 14.3 Å². The minimum Gasteiger partial charge on any atom is -0.467 e. The molecular formula is C10H16N2O3. The van der Waals surface area contributed by atoms with E-state index in [-0.39, 0.29) is 17.9 Å². The van der Waals surface area contributed by atoms with Gasteiger partial charge in [0.25, 0.3) is 0 Å². The third kappa shape index (κ3) is 1.97. The molecule has 1 amide bonds. The highest BCUT2D eigenvalue weighted by molar-refractivity contribution is 5.92. The summed E-state index contributed by atoms with van der Waals surface area (Å²) < 4.78 is 4.67. The van der Waals surface area contributed by atoms with Gasteiger partial charge < -0.3 is 15.4 Å². The Balaban J connectivity index is 1.91. The molecule has 1 aliphatic carbocycles. The molecule has 0 aromatic heterocycles. The average molecular weight is 212 g/mol. The molecule has 1 unspecified atom stereocenters. The second kappa shape index (κ2) is 3.81. The first kappa shape index (κ1) is 10.4. The lowest BCUT2D eigenvalue weighted by Crippen LogP contribution is -2.50. The number of esters is 1. The van der Waals surface area contributed by atoms with Crippen LogP contribution < -0.4 is 10.6 Å². The number of amides is 1. The van der Waals surface area contributed by atoms with Crippen molar-refractivity contribution in [3.63, 3.8) is 0 Å². The zero-order valence-corrected chi connectivity index (χ0v) is 8.84. The molecule has 1 saturated heterocycles. The van der Waals surface area contributed by atoms with E-state index < -0.39 is 5.54 Å². The molecule has 2 aliphatic rings. The van der Waals surface area contributed by atoms with E-state index in [9.17, 15) is 9.59 Å². The Hall–Kier alpha value is -1.10. The van der Waals surface area contributed by atoms with Gasteiger partial charge in [0, 0.05) is 0 Å². The average Bonchev–Trinajstić information content (AvgIpc) is 2.83. The minimum absolute atomic E-state index is 0.0737. The predicted molar refractivity (Wildman–Crippen MR) is 53.1 cm³/mol. The van der Waals surface area contributed by atoms with E-state index in [0.29, 0.717) is 12.8 Å². The molecule has 1 saturated carbocycles. The van der Waals surface area contributed by atoms with Gasteiger partial charge in [-0.15, -0.1) is 0 Å². The second-order valence-electron chi connectivity index (χ2n) is 4.21. The van der Waals surface area contributed by atoms with E-state index in [2.05, 4.69) is 15.4 Å². The molecule has 1 heterocycles. The highest BCUT2D eigenvalue weighted by Crippen LogP contribution is 2.36. The normalized spacial score (nSPS) is 27.1. The minimum atomic E-state index is -0.712. The van der Waals surface area contributed by atoms with E-state index in [1.165, 1.54) is 7.11 Å². The maximum atomic E-state index is 11.7. The molecule has 1 atom stereocenters. The molecule has 0 aromatic carbocycles. The van der Waals surface area contributed by atoms with Crippen molar-refractivity contribution in [2.45, 2.75) is 37.3 Å². The zero-order valence-electron chi connectivity index (χ0n) is 8.84. The Labute approximate surface area is 88.5 Å². The van der Waals surface area contributed by atoms with Crippen molar-refractivity contribution in [1.82, 2.24) is 10.6 Å². The molecule has 0 spiro atoms. The van der Waals surface area contributed by atoms with E-state index in [1.807, 2.05) is 0 Å². The first-order valence-electron chi connectivity index (χ1n) is 5.32. The fourth-order valence-electron chi connectivity index (χ4n) is 1.93. The monoisotopic (exact) mass is 212 g/mol. The number of ether oxygens (including phenoxy) is 1. The highest BCUT2D eigenvalue weighted by Gasteiger charge is 2.53. The Morgan fingerprint density at radius 2 is 2.20 bits per heavy atom. The second-order valence-corrected chi connectivity index (χ2v) is 4.21. The number of carbonyl (C=O) groups is 2. The van der Waals surface area contributed by atoms with Gasteiger partial charge in [-0.2, -0.15) is 0 Å². The van der Waals surface area contributed by atoms with E-state index >= 15 is 0 Å². The standard InChI is InChI=1S/C10H16N2O3/c1-15-9(14)10(4-5-10)12-8(13)7-3-2-6-11-7/h7,11H,2-6H2,1H3,(H,12,13). The summed E-state index contributed by atoms with van der Waals surface area (Å²) in [7, 11) is 1.35.